The normalized spacial score (nSPS) is 13.7. The molecule has 5 aromatic rings. The number of nitrogens with zero attached hydrogens (tertiary/aromatic N) is 2. The molecule has 0 spiro atoms. The van der Waals surface area contributed by atoms with Crippen LogP contribution in [0.25, 0.3) is 33.8 Å². The molecular weight excluding hydrogens is 723 g/mol. The SMILES string of the molecule is CCOP(=O)(CCC[n+]1ccc(C=Cc2ccc3c(c2)CCCN3CCC(=O)NCCNCC(O)COc2cccc3ccccc23)c2ccccc21)OCC. The number of aliphatic hydroxyl groups is 1. The van der Waals surface area contributed by atoms with E-state index in [4.69, 9.17) is 13.8 Å². The fourth-order valence-electron chi connectivity index (χ4n) is 7.31. The van der Waals surface area contributed by atoms with Gasteiger partial charge in [0.2, 0.25) is 11.4 Å². The molecule has 0 fully saturated rings. The summed E-state index contributed by atoms with van der Waals surface area (Å²) in [6.07, 6.45) is 9.33. The van der Waals surface area contributed by atoms with Crippen molar-refractivity contribution in [2.24, 2.45) is 0 Å². The average Bonchev–Trinajstić information content (AvgIpc) is 3.21. The molecule has 1 aromatic heterocycles. The topological polar surface area (TPSA) is 113 Å². The van der Waals surface area contributed by atoms with Crippen LogP contribution in [0, 0.1) is 0 Å². The van der Waals surface area contributed by atoms with E-state index in [9.17, 15) is 14.5 Å². The van der Waals surface area contributed by atoms with Crippen LogP contribution in [0.5, 0.6) is 5.75 Å². The number of para-hydroxylation sites is 1. The highest BCUT2D eigenvalue weighted by molar-refractivity contribution is 7.53. The fraction of sp³-hybridized carbons (Fsp3) is 0.378. The average molecular weight is 780 g/mol. The molecule has 0 saturated heterocycles. The van der Waals surface area contributed by atoms with Crippen LogP contribution in [0.15, 0.2) is 97.2 Å². The lowest BCUT2D eigenvalue weighted by atomic mass is 9.98. The number of ether oxygens (including phenoxy) is 1. The van der Waals surface area contributed by atoms with Gasteiger partial charge in [0, 0.05) is 68.8 Å². The highest BCUT2D eigenvalue weighted by atomic mass is 31.2. The van der Waals surface area contributed by atoms with Crippen molar-refractivity contribution in [1.29, 1.82) is 0 Å². The molecule has 4 aromatic carbocycles. The Kier molecular flexibility index (Phi) is 15.1. The van der Waals surface area contributed by atoms with E-state index in [0.717, 1.165) is 57.9 Å². The summed E-state index contributed by atoms with van der Waals surface area (Å²) in [4.78, 5) is 15.0. The third-order valence-electron chi connectivity index (χ3n) is 10.0. The molecule has 1 aliphatic heterocycles. The quantitative estimate of drug-likeness (QED) is 0.0402. The number of rotatable bonds is 21. The number of amides is 1. The Hall–Kier alpha value is -4.57. The Balaban J connectivity index is 0.946. The Morgan fingerprint density at radius 3 is 2.57 bits per heavy atom. The summed E-state index contributed by atoms with van der Waals surface area (Å²) in [5.41, 5.74) is 5.90. The third-order valence-corrected chi connectivity index (χ3v) is 12.2. The third kappa shape index (κ3) is 11.3. The van der Waals surface area contributed by atoms with Crippen LogP contribution in [-0.2, 0) is 31.4 Å². The molecule has 10 nitrogen and oxygen atoms in total. The van der Waals surface area contributed by atoms with Gasteiger partial charge in [-0.2, -0.15) is 4.57 Å². The molecule has 11 heteroatoms. The number of hydrogen-bond donors (Lipinski definition) is 3. The van der Waals surface area contributed by atoms with Crippen molar-refractivity contribution in [2.45, 2.75) is 52.2 Å². The summed E-state index contributed by atoms with van der Waals surface area (Å²) in [6, 6.07) is 31.1. The van der Waals surface area contributed by atoms with E-state index >= 15 is 0 Å². The second kappa shape index (κ2) is 20.6. The van der Waals surface area contributed by atoms with Gasteiger partial charge in [-0.25, -0.2) is 0 Å². The highest BCUT2D eigenvalue weighted by Gasteiger charge is 2.24. The van der Waals surface area contributed by atoms with Gasteiger partial charge in [0.1, 0.15) is 25.0 Å². The molecule has 2 heterocycles. The molecule has 296 valence electrons. The van der Waals surface area contributed by atoms with Gasteiger partial charge in [-0.15, -0.1) is 0 Å². The lowest BCUT2D eigenvalue weighted by Gasteiger charge is -2.31. The number of nitrogens with one attached hydrogen (secondary N) is 2. The molecule has 1 unspecified atom stereocenters. The smallest absolute Gasteiger partial charge is 0.330 e. The monoisotopic (exact) mass is 779 g/mol. The highest BCUT2D eigenvalue weighted by Crippen LogP contribution is 2.48. The molecule has 1 atom stereocenters. The number of aliphatic hydroxyl groups excluding tert-OH is 1. The molecule has 1 aliphatic rings. The second-order valence-electron chi connectivity index (χ2n) is 14.1. The molecule has 0 aliphatic carbocycles. The summed E-state index contributed by atoms with van der Waals surface area (Å²) in [5.74, 6) is 0.778. The first-order chi connectivity index (χ1) is 27.4. The van der Waals surface area contributed by atoms with E-state index in [2.05, 4.69) is 80.9 Å². The summed E-state index contributed by atoms with van der Waals surface area (Å²) in [7, 11) is -3.07. The van der Waals surface area contributed by atoms with Crippen molar-refractivity contribution in [3.8, 4) is 5.75 Å². The van der Waals surface area contributed by atoms with Gasteiger partial charge in [-0.05, 0) is 73.0 Å². The lowest BCUT2D eigenvalue weighted by molar-refractivity contribution is -0.671. The van der Waals surface area contributed by atoms with Crippen LogP contribution in [0.4, 0.5) is 5.69 Å². The van der Waals surface area contributed by atoms with Gasteiger partial charge >= 0.3 is 7.60 Å². The molecule has 0 saturated carbocycles. The number of aromatic nitrogens is 1. The Morgan fingerprint density at radius 1 is 0.946 bits per heavy atom. The molecule has 0 bridgehead atoms. The van der Waals surface area contributed by atoms with Gasteiger partial charge in [-0.3, -0.25) is 9.36 Å². The number of benzene rings is 4. The maximum atomic E-state index is 12.9. The Morgan fingerprint density at radius 2 is 1.73 bits per heavy atom. The molecular formula is C45H56N4O6P+. The van der Waals surface area contributed by atoms with Crippen molar-refractivity contribution in [3.05, 3.63) is 114 Å². The van der Waals surface area contributed by atoms with Crippen molar-refractivity contribution >= 4 is 53.0 Å². The van der Waals surface area contributed by atoms with Gasteiger partial charge in [0.05, 0.1) is 24.8 Å². The molecule has 3 N–H and O–H groups in total. The van der Waals surface area contributed by atoms with E-state index in [1.807, 2.05) is 62.4 Å². The van der Waals surface area contributed by atoms with Crippen LogP contribution in [0.2, 0.25) is 0 Å². The second-order valence-corrected chi connectivity index (χ2v) is 16.2. The fourth-order valence-corrected chi connectivity index (χ4v) is 8.96. The number of carbonyl (C=O) groups excluding carboxylic acids is 1. The van der Waals surface area contributed by atoms with Crippen molar-refractivity contribution in [2.75, 3.05) is 63.6 Å². The predicted molar refractivity (Wildman–Crippen MR) is 226 cm³/mol. The number of pyridine rings is 1. The zero-order chi connectivity index (χ0) is 39.2. The van der Waals surface area contributed by atoms with Crippen LogP contribution in [0.1, 0.15) is 49.8 Å². The van der Waals surface area contributed by atoms with E-state index in [-0.39, 0.29) is 12.5 Å². The number of carbonyl (C=O) groups is 1. The summed E-state index contributed by atoms with van der Waals surface area (Å²) in [6.45, 7) is 8.34. The predicted octanol–water partition coefficient (Wildman–Crippen LogP) is 7.40. The molecule has 0 radical (unpaired) electrons. The first-order valence-electron chi connectivity index (χ1n) is 20.0. The maximum absolute atomic E-state index is 12.9. The first kappa shape index (κ1) is 41.1. The number of fused-ring (bicyclic) bond motifs is 3. The van der Waals surface area contributed by atoms with Gasteiger partial charge in [0.25, 0.3) is 0 Å². The molecule has 56 heavy (non-hydrogen) atoms. The number of hydrogen-bond acceptors (Lipinski definition) is 8. The van der Waals surface area contributed by atoms with Gasteiger partial charge < -0.3 is 34.4 Å². The van der Waals surface area contributed by atoms with Crippen molar-refractivity contribution in [1.82, 2.24) is 10.6 Å². The van der Waals surface area contributed by atoms with Gasteiger partial charge in [0.15, 0.2) is 6.20 Å². The van der Waals surface area contributed by atoms with Crippen LogP contribution >= 0.6 is 7.60 Å². The van der Waals surface area contributed by atoms with Gasteiger partial charge in [-0.1, -0.05) is 66.7 Å². The largest absolute Gasteiger partial charge is 0.490 e. The summed E-state index contributed by atoms with van der Waals surface area (Å²) < 4.78 is 32.0. The van der Waals surface area contributed by atoms with E-state index < -0.39 is 13.7 Å². The molecule has 1 amide bonds. The minimum absolute atomic E-state index is 0.0192. The summed E-state index contributed by atoms with van der Waals surface area (Å²) in [5, 5.41) is 19.9. The lowest BCUT2D eigenvalue weighted by Crippen LogP contribution is -2.38. The zero-order valence-corrected chi connectivity index (χ0v) is 33.6. The van der Waals surface area contributed by atoms with Crippen LogP contribution in [0.3, 0.4) is 0 Å². The zero-order valence-electron chi connectivity index (χ0n) is 32.7. The minimum Gasteiger partial charge on any atom is -0.490 e. The molecule has 6 rings (SSSR count). The van der Waals surface area contributed by atoms with Crippen molar-refractivity contribution in [3.63, 3.8) is 0 Å². The standard InChI is InChI=1S/C45H55N4O6P/c1-3-54-56(52,55-4-2)31-11-28-49-29-23-37(40-15-7-8-17-43(40)49)21-19-35-20-22-42-38(32-35)14-10-27-48(42)30-24-45(51)47-26-25-46-33-39(50)34-53-44-18-9-13-36-12-5-6-16-41(36)44/h5-9,12-13,15-23,29,32,39,46,50H,3-4,10-11,14,24-28,30-31,33-34H2,1-2H3/p+1. The maximum Gasteiger partial charge on any atom is 0.330 e. The minimum atomic E-state index is -3.07. The summed E-state index contributed by atoms with van der Waals surface area (Å²) >= 11 is 0. The Bertz CT molecular complexity index is 2130. The first-order valence-corrected chi connectivity index (χ1v) is 21.7. The van der Waals surface area contributed by atoms with Crippen LogP contribution < -0.4 is 24.8 Å². The van der Waals surface area contributed by atoms with Crippen molar-refractivity contribution < 1.29 is 32.8 Å². The van der Waals surface area contributed by atoms with E-state index in [1.54, 1.807) is 0 Å². The van der Waals surface area contributed by atoms with E-state index in [0.29, 0.717) is 64.9 Å². The number of aryl methyl sites for hydroxylation is 2. The number of anilines is 1. The Labute approximate surface area is 331 Å². The van der Waals surface area contributed by atoms with E-state index in [1.165, 1.54) is 11.3 Å². The van der Waals surface area contributed by atoms with Crippen LogP contribution in [-0.4, -0.2) is 75.8 Å².